The number of sulfonamides is 1. The molecule has 2 N–H and O–H groups in total. The van der Waals surface area contributed by atoms with E-state index in [9.17, 15) is 18.0 Å². The molecule has 1 aliphatic rings. The largest absolute Gasteiger partial charge is 0.465 e. The van der Waals surface area contributed by atoms with E-state index in [2.05, 4.69) is 25.2 Å². The first-order valence-electron chi connectivity index (χ1n) is 9.34. The lowest BCUT2D eigenvalue weighted by atomic mass is 10.0. The lowest BCUT2D eigenvalue weighted by molar-refractivity contribution is -0.139. The van der Waals surface area contributed by atoms with Crippen molar-refractivity contribution in [1.29, 1.82) is 0 Å². The van der Waals surface area contributed by atoms with Crippen molar-refractivity contribution in [3.63, 3.8) is 0 Å². The monoisotopic (exact) mass is 483 g/mol. The molecule has 2 heterocycles. The molecule has 1 amide bonds. The number of nitrogens with zero attached hydrogens (tertiary/aromatic N) is 3. The number of ether oxygens (including phenoxy) is 1. The van der Waals surface area contributed by atoms with Crippen LogP contribution in [0.15, 0.2) is 38.5 Å². The fraction of sp³-hybridized carbons (Fsp3) is 0.389. The Balaban J connectivity index is 1.73. The fourth-order valence-electron chi connectivity index (χ4n) is 2.70. The first-order valence-corrected chi connectivity index (χ1v) is 12.6. The Bertz CT molecular complexity index is 1110. The number of amidine groups is 1. The van der Waals surface area contributed by atoms with Gasteiger partial charge in [0, 0.05) is 5.56 Å². The predicted molar refractivity (Wildman–Crippen MR) is 118 cm³/mol. The van der Waals surface area contributed by atoms with Gasteiger partial charge in [0.15, 0.2) is 4.34 Å². The second-order valence-corrected chi connectivity index (χ2v) is 10.6. The van der Waals surface area contributed by atoms with Crippen LogP contribution < -0.4 is 10.0 Å². The summed E-state index contributed by atoms with van der Waals surface area (Å²) in [5.74, 6) is -0.784. The second kappa shape index (κ2) is 9.75. The van der Waals surface area contributed by atoms with Crippen molar-refractivity contribution < 1.29 is 22.7 Å². The highest BCUT2D eigenvalue weighted by Crippen LogP contribution is 2.27. The zero-order valence-electron chi connectivity index (χ0n) is 17.0. The molecule has 0 saturated heterocycles. The Morgan fingerprint density at radius 2 is 2.03 bits per heavy atom. The molecule has 0 bridgehead atoms. The van der Waals surface area contributed by atoms with Crippen molar-refractivity contribution in [2.24, 2.45) is 10.9 Å². The van der Waals surface area contributed by atoms with Gasteiger partial charge >= 0.3 is 5.97 Å². The third-order valence-electron chi connectivity index (χ3n) is 4.09. The van der Waals surface area contributed by atoms with Crippen LogP contribution in [0.3, 0.4) is 0 Å². The van der Waals surface area contributed by atoms with Crippen molar-refractivity contribution in [3.05, 3.63) is 29.8 Å². The molecule has 13 heteroatoms. The number of rotatable bonds is 8. The maximum atomic E-state index is 12.8. The zero-order valence-corrected chi connectivity index (χ0v) is 19.4. The number of anilines is 1. The molecule has 0 fully saturated rings. The minimum Gasteiger partial charge on any atom is -0.465 e. The van der Waals surface area contributed by atoms with Gasteiger partial charge in [0.1, 0.15) is 11.9 Å². The molecule has 10 nitrogen and oxygen atoms in total. The third-order valence-corrected chi connectivity index (χ3v) is 7.43. The molecule has 1 aromatic heterocycles. The summed E-state index contributed by atoms with van der Waals surface area (Å²) in [5.41, 5.74) is 0.425. The van der Waals surface area contributed by atoms with Gasteiger partial charge in [-0.1, -0.05) is 49.1 Å². The minimum absolute atomic E-state index is 0.0955. The van der Waals surface area contributed by atoms with Gasteiger partial charge in [-0.25, -0.2) is 8.42 Å². The number of esters is 1. The Labute approximate surface area is 187 Å². The van der Waals surface area contributed by atoms with E-state index in [1.807, 2.05) is 13.8 Å². The van der Waals surface area contributed by atoms with E-state index in [1.165, 1.54) is 6.07 Å². The van der Waals surface area contributed by atoms with Crippen LogP contribution >= 0.6 is 23.1 Å². The van der Waals surface area contributed by atoms with Gasteiger partial charge in [-0.2, -0.15) is 0 Å². The molecule has 0 spiro atoms. The number of aromatic nitrogens is 2. The summed E-state index contributed by atoms with van der Waals surface area (Å²) >= 11 is 2.29. The van der Waals surface area contributed by atoms with Crippen LogP contribution in [0.25, 0.3) is 0 Å². The fourth-order valence-corrected chi connectivity index (χ4v) is 5.49. The third kappa shape index (κ3) is 5.60. The number of hydrogen-bond acceptors (Lipinski definition) is 10. The Kier molecular flexibility index (Phi) is 7.28. The zero-order chi connectivity index (χ0) is 22.6. The average molecular weight is 484 g/mol. The molecule has 1 aromatic carbocycles. The number of amides is 1. The molecule has 0 unspecified atom stereocenters. The number of benzene rings is 1. The molecular weight excluding hydrogens is 462 g/mol. The molecule has 0 saturated carbocycles. The van der Waals surface area contributed by atoms with Crippen LogP contribution in [0.2, 0.25) is 0 Å². The first kappa shape index (κ1) is 23.2. The highest BCUT2D eigenvalue weighted by molar-refractivity contribution is 8.01. The van der Waals surface area contributed by atoms with E-state index < -0.39 is 22.0 Å². The highest BCUT2D eigenvalue weighted by Gasteiger charge is 2.32. The summed E-state index contributed by atoms with van der Waals surface area (Å²) in [6.07, 6.45) is 0. The topological polar surface area (TPSA) is 140 Å². The lowest BCUT2D eigenvalue weighted by Gasteiger charge is -2.16. The number of carbonyl (C=O) groups excluding carboxylic acids is 2. The van der Waals surface area contributed by atoms with Crippen LogP contribution in [0.5, 0.6) is 0 Å². The van der Waals surface area contributed by atoms with Crippen molar-refractivity contribution in [1.82, 2.24) is 14.9 Å². The maximum Gasteiger partial charge on any atom is 0.316 e. The minimum atomic E-state index is -3.70. The van der Waals surface area contributed by atoms with Gasteiger partial charge in [0.2, 0.25) is 5.13 Å². The van der Waals surface area contributed by atoms with Crippen LogP contribution in [-0.2, 0) is 24.3 Å². The Hall–Kier alpha value is -2.51. The van der Waals surface area contributed by atoms with Crippen molar-refractivity contribution in [3.8, 4) is 0 Å². The summed E-state index contributed by atoms with van der Waals surface area (Å²) in [5, 5.41) is 10.8. The van der Waals surface area contributed by atoms with E-state index in [4.69, 9.17) is 4.74 Å². The van der Waals surface area contributed by atoms with E-state index in [1.54, 1.807) is 25.1 Å². The summed E-state index contributed by atoms with van der Waals surface area (Å²) in [6, 6.07) is 5.60. The molecule has 0 radical (unpaired) electrons. The highest BCUT2D eigenvalue weighted by atomic mass is 32.2. The number of fused-ring (bicyclic) bond motifs is 1. The standard InChI is InChI=1S/C18H21N5O5S3/c1-4-28-13(24)9-29-18-22-21-17(30-18)20-16(25)14(10(2)3)19-15-11-7-5-6-8-12(11)31(26,27)23-15/h5-8,10,14H,4,9H2,1-3H3,(H,19,23)(H,20,21,25)/t14-/m0/s1. The van der Waals surface area contributed by atoms with E-state index in [-0.39, 0.29) is 33.5 Å². The summed E-state index contributed by atoms with van der Waals surface area (Å²) in [6.45, 7) is 5.65. The average Bonchev–Trinajstić information content (AvgIpc) is 3.26. The Morgan fingerprint density at radius 1 is 1.29 bits per heavy atom. The molecule has 1 atom stereocenters. The smallest absolute Gasteiger partial charge is 0.316 e. The molecule has 31 heavy (non-hydrogen) atoms. The van der Waals surface area contributed by atoms with Gasteiger partial charge in [0.05, 0.1) is 17.3 Å². The first-order chi connectivity index (χ1) is 14.7. The van der Waals surface area contributed by atoms with E-state index in [0.29, 0.717) is 16.5 Å². The molecule has 1 aliphatic heterocycles. The number of aliphatic imine (C=N–C) groups is 1. The van der Waals surface area contributed by atoms with Crippen LogP contribution in [0.1, 0.15) is 26.3 Å². The normalized spacial score (nSPS) is 16.6. The number of carbonyl (C=O) groups is 2. The molecular formula is C18H21N5O5S3. The van der Waals surface area contributed by atoms with Crippen molar-refractivity contribution in [2.45, 2.75) is 36.0 Å². The maximum absolute atomic E-state index is 12.8. The van der Waals surface area contributed by atoms with Gasteiger partial charge in [-0.3, -0.25) is 24.6 Å². The van der Waals surface area contributed by atoms with Gasteiger partial charge in [-0.05, 0) is 25.0 Å². The SMILES string of the molecule is CCOC(=O)CSc1nnc(NC(=O)[C@@H](N=C2NS(=O)(=O)c3ccccc32)C(C)C)s1. The van der Waals surface area contributed by atoms with Crippen molar-refractivity contribution in [2.75, 3.05) is 17.7 Å². The predicted octanol–water partition coefficient (Wildman–Crippen LogP) is 1.90. The number of nitrogens with one attached hydrogen (secondary N) is 2. The molecule has 166 valence electrons. The molecule has 2 aromatic rings. The second-order valence-electron chi connectivity index (χ2n) is 6.72. The van der Waals surface area contributed by atoms with Gasteiger partial charge in [-0.15, -0.1) is 10.2 Å². The quantitative estimate of drug-likeness (QED) is 0.330. The van der Waals surface area contributed by atoms with Crippen LogP contribution in [0, 0.1) is 5.92 Å². The summed E-state index contributed by atoms with van der Waals surface area (Å²) < 4.78 is 32.3. The summed E-state index contributed by atoms with van der Waals surface area (Å²) in [4.78, 5) is 28.8. The Morgan fingerprint density at radius 3 is 2.74 bits per heavy atom. The van der Waals surface area contributed by atoms with Gasteiger partial charge < -0.3 is 4.74 Å². The number of thioether (sulfide) groups is 1. The van der Waals surface area contributed by atoms with Crippen LogP contribution in [0.4, 0.5) is 5.13 Å². The van der Waals surface area contributed by atoms with Gasteiger partial charge in [0.25, 0.3) is 15.9 Å². The molecule has 3 rings (SSSR count). The van der Waals surface area contributed by atoms with E-state index >= 15 is 0 Å². The number of hydrogen-bond donors (Lipinski definition) is 2. The van der Waals surface area contributed by atoms with Crippen LogP contribution in [-0.4, -0.2) is 54.7 Å². The van der Waals surface area contributed by atoms with E-state index in [0.717, 1.165) is 23.1 Å². The van der Waals surface area contributed by atoms with Crippen molar-refractivity contribution >= 4 is 56.0 Å². The lowest BCUT2D eigenvalue weighted by Crippen LogP contribution is -2.34. The molecule has 0 aliphatic carbocycles. The summed E-state index contributed by atoms with van der Waals surface area (Å²) in [7, 11) is -3.70.